The summed E-state index contributed by atoms with van der Waals surface area (Å²) in [5.74, 6) is -0.787. The van der Waals surface area contributed by atoms with Crippen molar-refractivity contribution in [1.82, 2.24) is 10.2 Å². The number of ether oxygens (including phenoxy) is 1. The summed E-state index contributed by atoms with van der Waals surface area (Å²) in [6.07, 6.45) is 3.98. The normalized spacial score (nSPS) is 27.0. The maximum atomic E-state index is 12.5. The van der Waals surface area contributed by atoms with Crippen molar-refractivity contribution in [1.29, 1.82) is 0 Å². The van der Waals surface area contributed by atoms with Crippen LogP contribution in [0.5, 0.6) is 0 Å². The molecule has 0 radical (unpaired) electrons. The van der Waals surface area contributed by atoms with Crippen LogP contribution in [0.3, 0.4) is 0 Å². The molecule has 2 fully saturated rings. The van der Waals surface area contributed by atoms with Gasteiger partial charge in [0, 0.05) is 13.1 Å². The Morgan fingerprint density at radius 1 is 1.12 bits per heavy atom. The first-order valence-corrected chi connectivity index (χ1v) is 9.17. The Hall–Kier alpha value is -1.79. The predicted molar refractivity (Wildman–Crippen MR) is 92.1 cm³/mol. The summed E-state index contributed by atoms with van der Waals surface area (Å²) in [5, 5.41) is 12.0. The molecule has 1 aliphatic carbocycles. The van der Waals surface area contributed by atoms with Crippen LogP contribution in [0, 0.1) is 11.8 Å². The Morgan fingerprint density at radius 2 is 1.76 bits per heavy atom. The van der Waals surface area contributed by atoms with Gasteiger partial charge in [-0.25, -0.2) is 4.79 Å². The number of hydrogen-bond donors (Lipinski definition) is 2. The fraction of sp³-hybridized carbons (Fsp3) is 0.833. The lowest BCUT2D eigenvalue weighted by molar-refractivity contribution is -0.143. The van der Waals surface area contributed by atoms with Gasteiger partial charge in [-0.3, -0.25) is 14.5 Å². The molecular formula is C18H30N2O5. The van der Waals surface area contributed by atoms with Crippen molar-refractivity contribution >= 4 is 18.0 Å². The van der Waals surface area contributed by atoms with Crippen LogP contribution in [0.2, 0.25) is 0 Å². The number of hydrogen-bond acceptors (Lipinski definition) is 4. The quantitative estimate of drug-likeness (QED) is 0.808. The molecule has 1 aliphatic heterocycles. The van der Waals surface area contributed by atoms with Crippen LogP contribution in [0.15, 0.2) is 0 Å². The van der Waals surface area contributed by atoms with E-state index >= 15 is 0 Å². The van der Waals surface area contributed by atoms with Crippen LogP contribution < -0.4 is 5.32 Å². The fourth-order valence-electron chi connectivity index (χ4n) is 3.55. The molecule has 1 saturated heterocycles. The second-order valence-corrected chi connectivity index (χ2v) is 8.13. The van der Waals surface area contributed by atoms with Gasteiger partial charge in [0.05, 0.1) is 5.92 Å². The average Bonchev–Trinajstić information content (AvgIpc) is 3.01. The van der Waals surface area contributed by atoms with E-state index in [-0.39, 0.29) is 11.8 Å². The van der Waals surface area contributed by atoms with Gasteiger partial charge in [0.15, 0.2) is 0 Å². The summed E-state index contributed by atoms with van der Waals surface area (Å²) >= 11 is 0. The summed E-state index contributed by atoms with van der Waals surface area (Å²) in [5.41, 5.74) is -0.580. The maximum Gasteiger partial charge on any atom is 0.410 e. The van der Waals surface area contributed by atoms with E-state index in [1.807, 2.05) is 20.8 Å². The number of nitrogens with one attached hydrogen (secondary N) is 1. The van der Waals surface area contributed by atoms with Gasteiger partial charge in [-0.2, -0.15) is 0 Å². The lowest BCUT2D eigenvalue weighted by Gasteiger charge is -2.29. The molecule has 2 amide bonds. The number of aliphatic carboxylic acids is 1. The van der Waals surface area contributed by atoms with Crippen LogP contribution >= 0.6 is 0 Å². The van der Waals surface area contributed by atoms with Crippen molar-refractivity contribution in [2.24, 2.45) is 11.8 Å². The summed E-state index contributed by atoms with van der Waals surface area (Å²) in [6, 6.07) is -0.467. The fourth-order valence-corrected chi connectivity index (χ4v) is 3.55. The molecule has 2 aliphatic rings. The van der Waals surface area contributed by atoms with E-state index in [1.165, 1.54) is 4.90 Å². The molecule has 0 bridgehead atoms. The van der Waals surface area contributed by atoms with Gasteiger partial charge in [0.1, 0.15) is 11.6 Å². The van der Waals surface area contributed by atoms with E-state index in [4.69, 9.17) is 9.84 Å². The summed E-state index contributed by atoms with van der Waals surface area (Å²) in [6.45, 7) is 6.51. The third-order valence-electron chi connectivity index (χ3n) is 4.94. The molecule has 1 heterocycles. The lowest BCUT2D eigenvalue weighted by atomic mass is 9.82. The minimum absolute atomic E-state index is 0.135. The van der Waals surface area contributed by atoms with E-state index < -0.39 is 23.7 Å². The number of carbonyl (C=O) groups excluding carboxylic acids is 2. The van der Waals surface area contributed by atoms with Crippen LogP contribution in [0.25, 0.3) is 0 Å². The van der Waals surface area contributed by atoms with Crippen molar-refractivity contribution in [3.05, 3.63) is 0 Å². The highest BCUT2D eigenvalue weighted by Gasteiger charge is 2.36. The van der Waals surface area contributed by atoms with Crippen LogP contribution in [-0.2, 0) is 14.3 Å². The van der Waals surface area contributed by atoms with Crippen molar-refractivity contribution in [2.75, 3.05) is 13.1 Å². The standard InChI is InChI=1S/C18H30N2O5/c1-18(2,3)25-17(24)20-10-4-5-14(20)15(21)19-11-12-6-8-13(9-7-12)16(22)23/h12-14H,4-11H2,1-3H3,(H,19,21)(H,22,23)/t12?,13?,14-/m1/s1. The zero-order chi connectivity index (χ0) is 18.6. The summed E-state index contributed by atoms with van der Waals surface area (Å²) in [4.78, 5) is 37.2. The Labute approximate surface area is 149 Å². The Kier molecular flexibility index (Phi) is 6.30. The molecule has 2 N–H and O–H groups in total. The molecular weight excluding hydrogens is 324 g/mol. The van der Waals surface area contributed by atoms with E-state index in [0.29, 0.717) is 38.3 Å². The molecule has 1 saturated carbocycles. The van der Waals surface area contributed by atoms with Crippen molar-refractivity contribution in [2.45, 2.75) is 70.9 Å². The third kappa shape index (κ3) is 5.61. The molecule has 25 heavy (non-hydrogen) atoms. The first-order valence-electron chi connectivity index (χ1n) is 9.17. The molecule has 0 aromatic heterocycles. The monoisotopic (exact) mass is 354 g/mol. The molecule has 0 aromatic carbocycles. The Bertz CT molecular complexity index is 506. The molecule has 0 aromatic rings. The number of nitrogens with zero attached hydrogens (tertiary/aromatic N) is 1. The predicted octanol–water partition coefficient (Wildman–Crippen LogP) is 2.39. The second kappa shape index (κ2) is 8.06. The SMILES string of the molecule is CC(C)(C)OC(=O)N1CCC[C@@H]1C(=O)NCC1CCC(C(=O)O)CC1. The molecule has 0 unspecified atom stereocenters. The zero-order valence-corrected chi connectivity index (χ0v) is 15.4. The van der Waals surface area contributed by atoms with Crippen LogP contribution in [-0.4, -0.2) is 52.7 Å². The molecule has 1 atom stereocenters. The first kappa shape index (κ1) is 19.5. The number of carboxylic acid groups (broad SMARTS) is 1. The van der Waals surface area contributed by atoms with Gasteiger partial charge in [0.2, 0.25) is 5.91 Å². The van der Waals surface area contributed by atoms with E-state index in [2.05, 4.69) is 5.32 Å². The highest BCUT2D eigenvalue weighted by atomic mass is 16.6. The number of carboxylic acids is 1. The van der Waals surface area contributed by atoms with E-state index in [0.717, 1.165) is 19.3 Å². The summed E-state index contributed by atoms with van der Waals surface area (Å²) < 4.78 is 5.38. The van der Waals surface area contributed by atoms with Crippen molar-refractivity contribution < 1.29 is 24.2 Å². The van der Waals surface area contributed by atoms with E-state index in [1.54, 1.807) is 0 Å². The van der Waals surface area contributed by atoms with Gasteiger partial charge in [0.25, 0.3) is 0 Å². The van der Waals surface area contributed by atoms with Crippen LogP contribution in [0.4, 0.5) is 4.79 Å². The Balaban J connectivity index is 1.80. The van der Waals surface area contributed by atoms with Gasteiger partial charge in [-0.1, -0.05) is 0 Å². The lowest BCUT2D eigenvalue weighted by Crippen LogP contribution is -2.48. The number of amides is 2. The first-order chi connectivity index (χ1) is 11.7. The molecule has 7 nitrogen and oxygen atoms in total. The summed E-state index contributed by atoms with van der Waals surface area (Å²) in [7, 11) is 0. The smallest absolute Gasteiger partial charge is 0.410 e. The zero-order valence-electron chi connectivity index (χ0n) is 15.4. The van der Waals surface area contributed by atoms with E-state index in [9.17, 15) is 14.4 Å². The molecule has 2 rings (SSSR count). The minimum atomic E-state index is -0.721. The van der Waals surface area contributed by atoms with Gasteiger partial charge < -0.3 is 15.2 Å². The largest absolute Gasteiger partial charge is 0.481 e. The molecule has 0 spiro atoms. The van der Waals surface area contributed by atoms with Gasteiger partial charge >= 0.3 is 12.1 Å². The van der Waals surface area contributed by atoms with Crippen molar-refractivity contribution in [3.8, 4) is 0 Å². The van der Waals surface area contributed by atoms with Gasteiger partial charge in [-0.15, -0.1) is 0 Å². The molecule has 142 valence electrons. The second-order valence-electron chi connectivity index (χ2n) is 8.13. The highest BCUT2D eigenvalue weighted by molar-refractivity contribution is 5.86. The highest BCUT2D eigenvalue weighted by Crippen LogP contribution is 2.28. The number of carbonyl (C=O) groups is 3. The van der Waals surface area contributed by atoms with Gasteiger partial charge in [-0.05, 0) is 65.2 Å². The molecule has 7 heteroatoms. The topological polar surface area (TPSA) is 95.9 Å². The Morgan fingerprint density at radius 3 is 2.32 bits per heavy atom. The minimum Gasteiger partial charge on any atom is -0.481 e. The number of likely N-dealkylation sites (tertiary alicyclic amines) is 1. The average molecular weight is 354 g/mol. The van der Waals surface area contributed by atoms with Crippen molar-refractivity contribution in [3.63, 3.8) is 0 Å². The third-order valence-corrected chi connectivity index (χ3v) is 4.94. The maximum absolute atomic E-state index is 12.5. The van der Waals surface area contributed by atoms with Crippen LogP contribution in [0.1, 0.15) is 59.3 Å². The number of rotatable bonds is 4.